The van der Waals surface area contributed by atoms with Gasteiger partial charge in [0.25, 0.3) is 0 Å². The summed E-state index contributed by atoms with van der Waals surface area (Å²) >= 11 is 0. The van der Waals surface area contributed by atoms with E-state index >= 15 is 0 Å². The van der Waals surface area contributed by atoms with Crippen LogP contribution < -0.4 is 5.32 Å². The van der Waals surface area contributed by atoms with Gasteiger partial charge in [-0.3, -0.25) is 10.1 Å². The monoisotopic (exact) mass is 283 g/mol. The van der Waals surface area contributed by atoms with Gasteiger partial charge in [0.15, 0.2) is 0 Å². The molecule has 0 bridgehead atoms. The van der Waals surface area contributed by atoms with E-state index < -0.39 is 11.5 Å². The predicted molar refractivity (Wildman–Crippen MR) is 78.8 cm³/mol. The van der Waals surface area contributed by atoms with Crippen LogP contribution in [0, 0.1) is 11.8 Å². The Balaban J connectivity index is 1.95. The van der Waals surface area contributed by atoms with Gasteiger partial charge in [0.05, 0.1) is 6.10 Å². The lowest BCUT2D eigenvalue weighted by Gasteiger charge is -2.31. The molecule has 0 aromatic heterocycles. The van der Waals surface area contributed by atoms with Crippen LogP contribution in [-0.4, -0.2) is 35.9 Å². The van der Waals surface area contributed by atoms with Crippen molar-refractivity contribution >= 4 is 5.97 Å². The Bertz CT molecular complexity index is 326. The van der Waals surface area contributed by atoms with E-state index in [-0.39, 0.29) is 6.10 Å². The van der Waals surface area contributed by atoms with Crippen LogP contribution in [0.15, 0.2) is 0 Å². The molecule has 2 fully saturated rings. The summed E-state index contributed by atoms with van der Waals surface area (Å²) in [5.41, 5.74) is -0.727. The molecule has 0 amide bonds. The molecular weight excluding hydrogens is 254 g/mol. The second kappa shape index (κ2) is 6.90. The number of aliphatic carboxylic acids is 1. The van der Waals surface area contributed by atoms with Crippen LogP contribution in [0.25, 0.3) is 0 Å². The quantitative estimate of drug-likeness (QED) is 0.762. The molecule has 1 saturated carbocycles. The smallest absolute Gasteiger partial charge is 0.323 e. The lowest BCUT2D eigenvalue weighted by Crippen LogP contribution is -2.53. The van der Waals surface area contributed by atoms with Gasteiger partial charge in [0.1, 0.15) is 5.54 Å². The minimum absolute atomic E-state index is 0.204. The van der Waals surface area contributed by atoms with Crippen molar-refractivity contribution in [3.05, 3.63) is 0 Å². The van der Waals surface area contributed by atoms with Gasteiger partial charge in [-0.25, -0.2) is 0 Å². The van der Waals surface area contributed by atoms with Gasteiger partial charge < -0.3 is 9.84 Å². The third-order valence-corrected chi connectivity index (χ3v) is 5.16. The van der Waals surface area contributed by atoms with Gasteiger partial charge in [-0.05, 0) is 43.9 Å². The van der Waals surface area contributed by atoms with Gasteiger partial charge in [0.2, 0.25) is 0 Å². The van der Waals surface area contributed by atoms with Crippen LogP contribution in [-0.2, 0) is 9.53 Å². The molecule has 0 aromatic rings. The first-order valence-corrected chi connectivity index (χ1v) is 8.13. The van der Waals surface area contributed by atoms with Crippen molar-refractivity contribution in [2.24, 2.45) is 11.8 Å². The maximum atomic E-state index is 11.8. The van der Waals surface area contributed by atoms with Crippen molar-refractivity contribution in [1.29, 1.82) is 0 Å². The molecular formula is C16H29NO3. The molecule has 3 unspecified atom stereocenters. The molecule has 2 aliphatic rings. The average Bonchev–Trinajstić information content (AvgIpc) is 2.81. The first kappa shape index (κ1) is 15.8. The number of carboxylic acids is 1. The van der Waals surface area contributed by atoms with E-state index in [4.69, 9.17) is 4.74 Å². The Morgan fingerprint density at radius 1 is 1.30 bits per heavy atom. The maximum absolute atomic E-state index is 11.8. The topological polar surface area (TPSA) is 58.6 Å². The number of rotatable bonds is 5. The van der Waals surface area contributed by atoms with Crippen molar-refractivity contribution in [1.82, 2.24) is 5.32 Å². The summed E-state index contributed by atoms with van der Waals surface area (Å²) in [5, 5.41) is 13.1. The summed E-state index contributed by atoms with van der Waals surface area (Å²) < 4.78 is 5.60. The molecule has 0 spiro atoms. The fourth-order valence-corrected chi connectivity index (χ4v) is 3.61. The van der Waals surface area contributed by atoms with Crippen LogP contribution in [0.3, 0.4) is 0 Å². The molecule has 116 valence electrons. The van der Waals surface area contributed by atoms with Crippen LogP contribution in [0.4, 0.5) is 0 Å². The minimum Gasteiger partial charge on any atom is -0.480 e. The zero-order valence-electron chi connectivity index (χ0n) is 12.9. The summed E-state index contributed by atoms with van der Waals surface area (Å²) in [7, 11) is 0. The standard InChI is InChI=1S/C16H29NO3/c1-12(2)13-5-3-8-16(9-7-13,15(18)19)17-11-14-6-4-10-20-14/h12-14,17H,3-11H2,1-2H3,(H,18,19). The molecule has 4 heteroatoms. The highest BCUT2D eigenvalue weighted by molar-refractivity contribution is 5.78. The van der Waals surface area contributed by atoms with Crippen molar-refractivity contribution in [3.63, 3.8) is 0 Å². The zero-order chi connectivity index (χ0) is 14.6. The fourth-order valence-electron chi connectivity index (χ4n) is 3.61. The second-order valence-electron chi connectivity index (χ2n) is 6.84. The Hall–Kier alpha value is -0.610. The van der Waals surface area contributed by atoms with Gasteiger partial charge in [0, 0.05) is 13.2 Å². The molecule has 0 aromatic carbocycles. The Morgan fingerprint density at radius 2 is 2.10 bits per heavy atom. The summed E-state index contributed by atoms with van der Waals surface area (Å²) in [6.07, 6.45) is 7.04. The van der Waals surface area contributed by atoms with E-state index in [1.54, 1.807) is 0 Å². The number of hydrogen-bond donors (Lipinski definition) is 2. The minimum atomic E-state index is -0.727. The largest absolute Gasteiger partial charge is 0.480 e. The fraction of sp³-hybridized carbons (Fsp3) is 0.938. The highest BCUT2D eigenvalue weighted by Crippen LogP contribution is 2.34. The van der Waals surface area contributed by atoms with E-state index in [1.807, 2.05) is 0 Å². The van der Waals surface area contributed by atoms with E-state index in [9.17, 15) is 9.90 Å². The molecule has 20 heavy (non-hydrogen) atoms. The van der Waals surface area contributed by atoms with Crippen LogP contribution in [0.5, 0.6) is 0 Å². The van der Waals surface area contributed by atoms with Gasteiger partial charge in [-0.15, -0.1) is 0 Å². The lowest BCUT2D eigenvalue weighted by atomic mass is 9.86. The average molecular weight is 283 g/mol. The molecule has 1 aliphatic heterocycles. The number of nitrogens with one attached hydrogen (secondary N) is 1. The van der Waals surface area contributed by atoms with E-state index in [1.165, 1.54) is 0 Å². The van der Waals surface area contributed by atoms with E-state index in [2.05, 4.69) is 19.2 Å². The molecule has 0 radical (unpaired) electrons. The van der Waals surface area contributed by atoms with E-state index in [0.717, 1.165) is 51.6 Å². The van der Waals surface area contributed by atoms with Crippen molar-refractivity contribution in [2.75, 3.05) is 13.2 Å². The second-order valence-corrected chi connectivity index (χ2v) is 6.84. The highest BCUT2D eigenvalue weighted by Gasteiger charge is 2.40. The maximum Gasteiger partial charge on any atom is 0.323 e. The summed E-state index contributed by atoms with van der Waals surface area (Å²) in [6, 6.07) is 0. The van der Waals surface area contributed by atoms with E-state index in [0.29, 0.717) is 18.4 Å². The van der Waals surface area contributed by atoms with Crippen LogP contribution in [0.1, 0.15) is 58.8 Å². The zero-order valence-corrected chi connectivity index (χ0v) is 12.9. The summed E-state index contributed by atoms with van der Waals surface area (Å²) in [4.78, 5) is 11.8. The van der Waals surface area contributed by atoms with Crippen molar-refractivity contribution in [2.45, 2.75) is 70.4 Å². The van der Waals surface area contributed by atoms with Crippen molar-refractivity contribution < 1.29 is 14.6 Å². The normalized spacial score (nSPS) is 35.1. The highest BCUT2D eigenvalue weighted by atomic mass is 16.5. The Labute approximate surface area is 122 Å². The van der Waals surface area contributed by atoms with Crippen molar-refractivity contribution in [3.8, 4) is 0 Å². The molecule has 1 saturated heterocycles. The first-order valence-electron chi connectivity index (χ1n) is 8.13. The first-order chi connectivity index (χ1) is 9.53. The van der Waals surface area contributed by atoms with Gasteiger partial charge in [-0.1, -0.05) is 26.7 Å². The number of carbonyl (C=O) groups is 1. The molecule has 1 aliphatic carbocycles. The number of ether oxygens (including phenoxy) is 1. The molecule has 3 atom stereocenters. The third kappa shape index (κ3) is 3.73. The van der Waals surface area contributed by atoms with Gasteiger partial charge in [-0.2, -0.15) is 0 Å². The number of carboxylic acid groups (broad SMARTS) is 1. The van der Waals surface area contributed by atoms with Crippen LogP contribution in [0.2, 0.25) is 0 Å². The Kier molecular flexibility index (Phi) is 5.44. The van der Waals surface area contributed by atoms with Gasteiger partial charge >= 0.3 is 5.97 Å². The third-order valence-electron chi connectivity index (χ3n) is 5.16. The summed E-state index contributed by atoms with van der Waals surface area (Å²) in [6.45, 7) is 6.00. The predicted octanol–water partition coefficient (Wildman–Crippen LogP) is 2.81. The molecule has 2 N–H and O–H groups in total. The van der Waals surface area contributed by atoms with Crippen LogP contribution >= 0.6 is 0 Å². The Morgan fingerprint density at radius 3 is 2.70 bits per heavy atom. The summed E-state index contributed by atoms with van der Waals surface area (Å²) in [5.74, 6) is 0.637. The lowest BCUT2D eigenvalue weighted by molar-refractivity contribution is -0.145. The number of hydrogen-bond acceptors (Lipinski definition) is 3. The SMILES string of the molecule is CC(C)C1CCCC(NCC2CCCO2)(C(=O)O)CC1. The molecule has 1 heterocycles. The molecule has 4 nitrogen and oxygen atoms in total. The molecule has 2 rings (SSSR count).